The van der Waals surface area contributed by atoms with Crippen LogP contribution in [-0.2, 0) is 0 Å². The third kappa shape index (κ3) is 3.07. The molecular formula is C15H23N3O. The summed E-state index contributed by atoms with van der Waals surface area (Å²) in [5, 5.41) is 9.58. The summed E-state index contributed by atoms with van der Waals surface area (Å²) >= 11 is 0. The average molecular weight is 261 g/mol. The van der Waals surface area contributed by atoms with Crippen LogP contribution in [0.5, 0.6) is 0 Å². The van der Waals surface area contributed by atoms with Gasteiger partial charge >= 0.3 is 0 Å². The molecule has 2 saturated heterocycles. The first-order chi connectivity index (χ1) is 9.33. The van der Waals surface area contributed by atoms with E-state index in [0.717, 1.165) is 39.0 Å². The average Bonchev–Trinajstić information content (AvgIpc) is 2.49. The van der Waals surface area contributed by atoms with Crippen LogP contribution in [0.2, 0.25) is 0 Å². The molecule has 0 saturated carbocycles. The van der Waals surface area contributed by atoms with Crippen LogP contribution in [0.25, 0.3) is 0 Å². The number of pyridine rings is 1. The molecule has 1 N–H and O–H groups in total. The van der Waals surface area contributed by atoms with Gasteiger partial charge in [-0.1, -0.05) is 0 Å². The van der Waals surface area contributed by atoms with E-state index in [1.54, 1.807) is 0 Å². The summed E-state index contributed by atoms with van der Waals surface area (Å²) in [7, 11) is 0. The first-order valence-electron chi connectivity index (χ1n) is 7.40. The fourth-order valence-electron chi connectivity index (χ4n) is 3.30. The van der Waals surface area contributed by atoms with E-state index in [-0.39, 0.29) is 6.10 Å². The predicted molar refractivity (Wildman–Crippen MR) is 76.3 cm³/mol. The monoisotopic (exact) mass is 261 g/mol. The Balaban J connectivity index is 1.52. The third-order valence-corrected chi connectivity index (χ3v) is 4.51. The standard InChI is InChI=1S/C15H23N3O/c19-15-5-11-18(12-6-15)14-3-9-17(10-4-14)13-1-7-16-8-2-13/h1-2,7-8,14-15,19H,3-6,9-12H2. The lowest BCUT2D eigenvalue weighted by molar-refractivity contribution is 0.0542. The number of hydrogen-bond donors (Lipinski definition) is 1. The second-order valence-electron chi connectivity index (χ2n) is 5.69. The number of piperidine rings is 2. The van der Waals surface area contributed by atoms with Gasteiger partial charge in [0.2, 0.25) is 0 Å². The molecule has 2 aliphatic rings. The number of rotatable bonds is 2. The Morgan fingerprint density at radius 2 is 1.58 bits per heavy atom. The van der Waals surface area contributed by atoms with Gasteiger partial charge in [0.05, 0.1) is 6.10 Å². The van der Waals surface area contributed by atoms with Gasteiger partial charge in [-0.25, -0.2) is 0 Å². The zero-order valence-corrected chi connectivity index (χ0v) is 11.4. The number of aliphatic hydroxyl groups is 1. The maximum absolute atomic E-state index is 9.58. The van der Waals surface area contributed by atoms with Crippen LogP contribution in [0.15, 0.2) is 24.5 Å². The van der Waals surface area contributed by atoms with Gasteiger partial charge in [0, 0.05) is 50.3 Å². The first-order valence-corrected chi connectivity index (χ1v) is 7.40. The molecule has 4 heteroatoms. The van der Waals surface area contributed by atoms with Crippen molar-refractivity contribution in [2.45, 2.75) is 37.8 Å². The van der Waals surface area contributed by atoms with Crippen LogP contribution < -0.4 is 4.90 Å². The smallest absolute Gasteiger partial charge is 0.0564 e. The molecule has 0 atom stereocenters. The highest BCUT2D eigenvalue weighted by atomic mass is 16.3. The number of anilines is 1. The quantitative estimate of drug-likeness (QED) is 0.876. The Morgan fingerprint density at radius 1 is 0.947 bits per heavy atom. The molecule has 3 rings (SSSR count). The minimum atomic E-state index is -0.0619. The first kappa shape index (κ1) is 12.9. The Morgan fingerprint density at radius 3 is 2.21 bits per heavy atom. The fourth-order valence-corrected chi connectivity index (χ4v) is 3.30. The van der Waals surface area contributed by atoms with Gasteiger partial charge in [-0.2, -0.15) is 0 Å². The van der Waals surface area contributed by atoms with Crippen molar-refractivity contribution in [1.82, 2.24) is 9.88 Å². The van der Waals surface area contributed by atoms with Gasteiger partial charge < -0.3 is 14.9 Å². The maximum Gasteiger partial charge on any atom is 0.0564 e. The van der Waals surface area contributed by atoms with E-state index in [2.05, 4.69) is 26.9 Å². The molecule has 0 radical (unpaired) electrons. The van der Waals surface area contributed by atoms with Crippen LogP contribution in [0.1, 0.15) is 25.7 Å². The highest BCUT2D eigenvalue weighted by molar-refractivity contribution is 5.44. The van der Waals surface area contributed by atoms with E-state index in [1.807, 2.05) is 12.4 Å². The fraction of sp³-hybridized carbons (Fsp3) is 0.667. The van der Waals surface area contributed by atoms with Crippen molar-refractivity contribution in [3.8, 4) is 0 Å². The minimum absolute atomic E-state index is 0.0619. The Kier molecular flexibility index (Phi) is 3.99. The van der Waals surface area contributed by atoms with Crippen molar-refractivity contribution >= 4 is 5.69 Å². The van der Waals surface area contributed by atoms with E-state index in [4.69, 9.17) is 0 Å². The van der Waals surface area contributed by atoms with Crippen molar-refractivity contribution in [2.24, 2.45) is 0 Å². The summed E-state index contributed by atoms with van der Waals surface area (Å²) in [6, 6.07) is 4.90. The Hall–Kier alpha value is -1.13. The van der Waals surface area contributed by atoms with Gasteiger partial charge in [0.25, 0.3) is 0 Å². The predicted octanol–water partition coefficient (Wildman–Crippen LogP) is 1.51. The third-order valence-electron chi connectivity index (χ3n) is 4.51. The number of aliphatic hydroxyl groups excluding tert-OH is 1. The topological polar surface area (TPSA) is 39.6 Å². The largest absolute Gasteiger partial charge is 0.393 e. The van der Waals surface area contributed by atoms with Crippen LogP contribution in [0, 0.1) is 0 Å². The van der Waals surface area contributed by atoms with Gasteiger partial charge in [-0.05, 0) is 37.8 Å². The molecule has 19 heavy (non-hydrogen) atoms. The van der Waals surface area contributed by atoms with Gasteiger partial charge in [-0.3, -0.25) is 4.98 Å². The summed E-state index contributed by atoms with van der Waals surface area (Å²) in [5.74, 6) is 0. The lowest BCUT2D eigenvalue weighted by Gasteiger charge is -2.41. The maximum atomic E-state index is 9.58. The van der Waals surface area contributed by atoms with Crippen LogP contribution in [-0.4, -0.2) is 53.3 Å². The molecular weight excluding hydrogens is 238 g/mol. The van der Waals surface area contributed by atoms with Crippen molar-refractivity contribution in [2.75, 3.05) is 31.1 Å². The van der Waals surface area contributed by atoms with Crippen molar-refractivity contribution < 1.29 is 5.11 Å². The molecule has 1 aromatic heterocycles. The molecule has 0 aliphatic carbocycles. The number of hydrogen-bond acceptors (Lipinski definition) is 4. The summed E-state index contributed by atoms with van der Waals surface area (Å²) in [4.78, 5) is 9.11. The molecule has 104 valence electrons. The normalized spacial score (nSPS) is 23.7. The van der Waals surface area contributed by atoms with Crippen LogP contribution >= 0.6 is 0 Å². The molecule has 2 fully saturated rings. The number of nitrogens with zero attached hydrogens (tertiary/aromatic N) is 3. The second kappa shape index (κ2) is 5.88. The SMILES string of the molecule is OC1CCN(C2CCN(c3ccncc3)CC2)CC1. The summed E-state index contributed by atoms with van der Waals surface area (Å²) in [6.45, 7) is 4.41. The molecule has 1 aromatic rings. The lowest BCUT2D eigenvalue weighted by Crippen LogP contribution is -2.48. The van der Waals surface area contributed by atoms with E-state index in [0.29, 0.717) is 6.04 Å². The highest BCUT2D eigenvalue weighted by Gasteiger charge is 2.27. The van der Waals surface area contributed by atoms with E-state index < -0.39 is 0 Å². The van der Waals surface area contributed by atoms with Crippen LogP contribution in [0.3, 0.4) is 0 Å². The molecule has 0 unspecified atom stereocenters. The van der Waals surface area contributed by atoms with Crippen molar-refractivity contribution in [3.63, 3.8) is 0 Å². The van der Waals surface area contributed by atoms with Gasteiger partial charge in [0.1, 0.15) is 0 Å². The van der Waals surface area contributed by atoms with Gasteiger partial charge in [0.15, 0.2) is 0 Å². The van der Waals surface area contributed by atoms with E-state index >= 15 is 0 Å². The summed E-state index contributed by atoms with van der Waals surface area (Å²) in [6.07, 6.45) is 8.04. The van der Waals surface area contributed by atoms with Crippen LogP contribution in [0.4, 0.5) is 5.69 Å². The number of aromatic nitrogens is 1. The van der Waals surface area contributed by atoms with E-state index in [9.17, 15) is 5.11 Å². The Bertz CT molecular complexity index is 382. The zero-order chi connectivity index (χ0) is 13.1. The second-order valence-corrected chi connectivity index (χ2v) is 5.69. The minimum Gasteiger partial charge on any atom is -0.393 e. The van der Waals surface area contributed by atoms with E-state index in [1.165, 1.54) is 18.5 Å². The summed E-state index contributed by atoms with van der Waals surface area (Å²) in [5.41, 5.74) is 1.29. The summed E-state index contributed by atoms with van der Waals surface area (Å²) < 4.78 is 0. The lowest BCUT2D eigenvalue weighted by atomic mass is 9.98. The van der Waals surface area contributed by atoms with Crippen molar-refractivity contribution in [1.29, 1.82) is 0 Å². The highest BCUT2D eigenvalue weighted by Crippen LogP contribution is 2.24. The Labute approximate surface area is 115 Å². The molecule has 2 aliphatic heterocycles. The number of likely N-dealkylation sites (tertiary alicyclic amines) is 1. The molecule has 0 spiro atoms. The van der Waals surface area contributed by atoms with Gasteiger partial charge in [-0.15, -0.1) is 0 Å². The molecule has 0 aromatic carbocycles. The molecule has 0 bridgehead atoms. The zero-order valence-electron chi connectivity index (χ0n) is 11.4. The molecule has 3 heterocycles. The van der Waals surface area contributed by atoms with Crippen molar-refractivity contribution in [3.05, 3.63) is 24.5 Å². The molecule has 0 amide bonds. The molecule has 4 nitrogen and oxygen atoms in total.